The predicted molar refractivity (Wildman–Crippen MR) is 72.5 cm³/mol. The van der Waals surface area contributed by atoms with Gasteiger partial charge in [0.1, 0.15) is 24.4 Å². The Morgan fingerprint density at radius 1 is 1.45 bits per heavy atom. The second-order valence-electron chi connectivity index (χ2n) is 5.57. The third-order valence-corrected chi connectivity index (χ3v) is 3.80. The van der Waals surface area contributed by atoms with Crippen LogP contribution < -0.4 is 10.6 Å². The molecule has 0 bridgehead atoms. The Morgan fingerprint density at radius 2 is 2.18 bits per heavy atom. The van der Waals surface area contributed by atoms with Crippen molar-refractivity contribution in [1.82, 2.24) is 10.6 Å². The Bertz CT molecular complexity index is 419. The smallest absolute Gasteiger partial charge is 0.220 e. The number of aliphatic hydroxyl groups excluding tert-OH is 3. The van der Waals surface area contributed by atoms with Crippen LogP contribution in [0, 0.1) is 0 Å². The van der Waals surface area contributed by atoms with E-state index in [4.69, 9.17) is 9.47 Å². The number of hydrogen-bond donors (Lipinski definition) is 5. The van der Waals surface area contributed by atoms with Gasteiger partial charge in [0.05, 0.1) is 19.3 Å². The zero-order chi connectivity index (χ0) is 16.3. The summed E-state index contributed by atoms with van der Waals surface area (Å²) < 4.78 is 11.0. The van der Waals surface area contributed by atoms with E-state index in [9.17, 15) is 24.9 Å². The predicted octanol–water partition coefficient (Wildman–Crippen LogP) is -2.77. The lowest BCUT2D eigenvalue weighted by Gasteiger charge is -2.42. The summed E-state index contributed by atoms with van der Waals surface area (Å²) in [5, 5.41) is 34.3. The van der Waals surface area contributed by atoms with E-state index in [1.165, 1.54) is 6.92 Å². The Labute approximate surface area is 127 Å². The Morgan fingerprint density at radius 3 is 2.73 bits per heavy atom. The lowest BCUT2D eigenvalue weighted by molar-refractivity contribution is -0.271. The van der Waals surface area contributed by atoms with Crippen LogP contribution in [0.1, 0.15) is 19.8 Å². The van der Waals surface area contributed by atoms with Crippen molar-refractivity contribution in [1.29, 1.82) is 0 Å². The molecule has 0 aromatic rings. The molecule has 5 N–H and O–H groups in total. The number of hydrogen-bond acceptors (Lipinski definition) is 7. The summed E-state index contributed by atoms with van der Waals surface area (Å²) in [7, 11) is 0. The molecular formula is C13H22N2O7. The highest BCUT2D eigenvalue weighted by molar-refractivity contribution is 5.78. The fraction of sp³-hybridized carbons (Fsp3) is 0.846. The van der Waals surface area contributed by atoms with Crippen molar-refractivity contribution in [3.05, 3.63) is 0 Å². The maximum Gasteiger partial charge on any atom is 0.220 e. The average Bonchev–Trinajstić information content (AvgIpc) is 2.88. The molecule has 0 radical (unpaired) electrons. The normalized spacial score (nSPS) is 38.6. The first-order valence-electron chi connectivity index (χ1n) is 7.23. The number of amides is 2. The van der Waals surface area contributed by atoms with Gasteiger partial charge >= 0.3 is 0 Å². The van der Waals surface area contributed by atoms with E-state index >= 15 is 0 Å². The van der Waals surface area contributed by atoms with Gasteiger partial charge in [0, 0.05) is 13.3 Å². The molecule has 0 unspecified atom stereocenters. The van der Waals surface area contributed by atoms with Gasteiger partial charge in [0.25, 0.3) is 0 Å². The van der Waals surface area contributed by atoms with Crippen molar-refractivity contribution in [2.24, 2.45) is 0 Å². The molecule has 0 saturated carbocycles. The molecule has 0 spiro atoms. The van der Waals surface area contributed by atoms with Crippen molar-refractivity contribution >= 4 is 11.8 Å². The molecule has 2 heterocycles. The molecule has 0 aliphatic carbocycles. The summed E-state index contributed by atoms with van der Waals surface area (Å²) in [6, 6.07) is -1.13. The van der Waals surface area contributed by atoms with E-state index in [1.54, 1.807) is 0 Å². The minimum absolute atomic E-state index is 0.0553. The number of nitrogens with one attached hydrogen (secondary N) is 2. The zero-order valence-corrected chi connectivity index (χ0v) is 12.3. The van der Waals surface area contributed by atoms with Crippen LogP contribution in [0.25, 0.3) is 0 Å². The number of rotatable bonds is 5. The summed E-state index contributed by atoms with van der Waals surface area (Å²) in [4.78, 5) is 22.4. The first-order chi connectivity index (χ1) is 10.4. The van der Waals surface area contributed by atoms with Crippen LogP contribution in [0.2, 0.25) is 0 Å². The maximum absolute atomic E-state index is 11.2. The lowest BCUT2D eigenvalue weighted by Crippen LogP contribution is -2.64. The molecule has 6 atom stereocenters. The quantitative estimate of drug-likeness (QED) is 0.370. The Balaban J connectivity index is 1.99. The highest BCUT2D eigenvalue weighted by Gasteiger charge is 2.45. The molecule has 9 nitrogen and oxygen atoms in total. The van der Waals surface area contributed by atoms with E-state index in [0.717, 1.165) is 0 Å². The SMILES string of the molecule is CC(=O)N[C@H]1[C@H](OC[C@H]2CCC(=O)N2)O[C@H](CO)[C@@H](O)[C@@H]1O. The first kappa shape index (κ1) is 17.1. The second-order valence-corrected chi connectivity index (χ2v) is 5.57. The Kier molecular flexibility index (Phi) is 5.70. The van der Waals surface area contributed by atoms with E-state index in [2.05, 4.69) is 10.6 Å². The molecule has 126 valence electrons. The van der Waals surface area contributed by atoms with Crippen LogP contribution in [0.5, 0.6) is 0 Å². The van der Waals surface area contributed by atoms with Gasteiger partial charge in [0.15, 0.2) is 6.29 Å². The molecule has 0 aromatic heterocycles. The van der Waals surface area contributed by atoms with Gasteiger partial charge in [-0.1, -0.05) is 0 Å². The molecule has 2 fully saturated rings. The van der Waals surface area contributed by atoms with Crippen LogP contribution >= 0.6 is 0 Å². The molecule has 2 aliphatic heterocycles. The molecule has 2 rings (SSSR count). The first-order valence-corrected chi connectivity index (χ1v) is 7.23. The highest BCUT2D eigenvalue weighted by atomic mass is 16.7. The van der Waals surface area contributed by atoms with Gasteiger partial charge in [-0.3, -0.25) is 9.59 Å². The van der Waals surface area contributed by atoms with Crippen molar-refractivity contribution < 1.29 is 34.4 Å². The van der Waals surface area contributed by atoms with Gasteiger partial charge in [0.2, 0.25) is 11.8 Å². The topological polar surface area (TPSA) is 137 Å². The summed E-state index contributed by atoms with van der Waals surface area (Å²) in [6.45, 7) is 0.921. The third kappa shape index (κ3) is 3.93. The molecule has 0 aromatic carbocycles. The number of carbonyl (C=O) groups excluding carboxylic acids is 2. The van der Waals surface area contributed by atoms with E-state index in [-0.39, 0.29) is 18.6 Å². The van der Waals surface area contributed by atoms with E-state index in [1.807, 2.05) is 0 Å². The monoisotopic (exact) mass is 318 g/mol. The van der Waals surface area contributed by atoms with Crippen LogP contribution in [0.3, 0.4) is 0 Å². The average molecular weight is 318 g/mol. The van der Waals surface area contributed by atoms with Crippen LogP contribution in [0.15, 0.2) is 0 Å². The van der Waals surface area contributed by atoms with Crippen molar-refractivity contribution in [2.45, 2.75) is 56.5 Å². The molecule has 2 amide bonds. The van der Waals surface area contributed by atoms with Crippen LogP contribution in [0.4, 0.5) is 0 Å². The molecule has 2 aliphatic rings. The lowest BCUT2D eigenvalue weighted by atomic mass is 9.97. The molecule has 2 saturated heterocycles. The minimum atomic E-state index is -1.34. The Hall–Kier alpha value is -1.26. The van der Waals surface area contributed by atoms with Crippen LogP contribution in [-0.4, -0.2) is 77.0 Å². The van der Waals surface area contributed by atoms with E-state index in [0.29, 0.717) is 12.8 Å². The molecule has 22 heavy (non-hydrogen) atoms. The van der Waals surface area contributed by atoms with Gasteiger partial charge < -0.3 is 35.4 Å². The minimum Gasteiger partial charge on any atom is -0.394 e. The molecule has 9 heteroatoms. The number of carbonyl (C=O) groups is 2. The zero-order valence-electron chi connectivity index (χ0n) is 12.3. The largest absolute Gasteiger partial charge is 0.394 e. The van der Waals surface area contributed by atoms with Crippen molar-refractivity contribution in [3.8, 4) is 0 Å². The number of ether oxygens (including phenoxy) is 2. The molecular weight excluding hydrogens is 296 g/mol. The van der Waals surface area contributed by atoms with Crippen molar-refractivity contribution in [3.63, 3.8) is 0 Å². The number of aliphatic hydroxyl groups is 3. The van der Waals surface area contributed by atoms with Crippen LogP contribution in [-0.2, 0) is 19.1 Å². The highest BCUT2D eigenvalue weighted by Crippen LogP contribution is 2.22. The van der Waals surface area contributed by atoms with Gasteiger partial charge in [-0.05, 0) is 6.42 Å². The fourth-order valence-corrected chi connectivity index (χ4v) is 2.63. The third-order valence-electron chi connectivity index (χ3n) is 3.80. The summed E-state index contributed by atoms with van der Waals surface area (Å²) in [6.07, 6.45) is -3.66. The standard InChI is InChI=1S/C13H22N2O7/c1-6(17)14-10-12(20)11(19)8(4-16)22-13(10)21-5-7-2-3-9(18)15-7/h7-8,10-13,16,19-20H,2-5H2,1H3,(H,14,17)(H,15,18)/t7-,8-,10-,11-,12-,13-/m1/s1. The second kappa shape index (κ2) is 7.34. The van der Waals surface area contributed by atoms with E-state index < -0.39 is 43.2 Å². The van der Waals surface area contributed by atoms with Gasteiger partial charge in [-0.25, -0.2) is 0 Å². The summed E-state index contributed by atoms with van der Waals surface area (Å²) in [5.41, 5.74) is 0. The van der Waals surface area contributed by atoms with Gasteiger partial charge in [-0.15, -0.1) is 0 Å². The maximum atomic E-state index is 11.2. The fourth-order valence-electron chi connectivity index (χ4n) is 2.63. The van der Waals surface area contributed by atoms with Crippen molar-refractivity contribution in [2.75, 3.05) is 13.2 Å². The van der Waals surface area contributed by atoms with Gasteiger partial charge in [-0.2, -0.15) is 0 Å². The summed E-state index contributed by atoms with van der Waals surface area (Å²) >= 11 is 0. The summed E-state index contributed by atoms with van der Waals surface area (Å²) in [5.74, 6) is -0.467.